The number of alkyl halides is 2. The van der Waals surface area contributed by atoms with Crippen molar-refractivity contribution >= 4 is 0 Å². The second-order valence-corrected chi connectivity index (χ2v) is 4.37. The molecule has 1 aromatic carbocycles. The molecule has 0 spiro atoms. The molecule has 0 radical (unpaired) electrons. The van der Waals surface area contributed by atoms with Crippen molar-refractivity contribution in [1.29, 1.82) is 0 Å². The lowest BCUT2D eigenvalue weighted by Crippen LogP contribution is -2.37. The Labute approximate surface area is 98.1 Å². The molecule has 3 N–H and O–H groups in total. The van der Waals surface area contributed by atoms with Crippen LogP contribution in [0.1, 0.15) is 23.6 Å². The highest BCUT2D eigenvalue weighted by Crippen LogP contribution is 2.33. The number of fused-ring (bicyclic) bond motifs is 1. The largest absolute Gasteiger partial charge is 0.508 e. The van der Waals surface area contributed by atoms with Crippen LogP contribution in [0.2, 0.25) is 0 Å². The molecule has 0 bridgehead atoms. The zero-order valence-corrected chi connectivity index (χ0v) is 9.29. The molecule has 0 fully saturated rings. The molecule has 1 unspecified atom stereocenters. The Balaban J connectivity index is 2.03. The third-order valence-corrected chi connectivity index (χ3v) is 3.04. The number of hydrogen-bond donors (Lipinski definition) is 3. The average Bonchev–Trinajstić information content (AvgIpc) is 2.69. The standard InChI is InChI=1S/C12H15F2NO2/c13-12(14,7-16)6-15-11-4-1-8-5-9(17)2-3-10(8)11/h2-3,5,11,15-17H,1,4,6-7H2. The molecule has 0 heterocycles. The maximum Gasteiger partial charge on any atom is 0.282 e. The van der Waals surface area contributed by atoms with Gasteiger partial charge in [-0.05, 0) is 36.1 Å². The number of aliphatic hydroxyl groups excluding tert-OH is 1. The summed E-state index contributed by atoms with van der Waals surface area (Å²) < 4.78 is 25.8. The van der Waals surface area contributed by atoms with E-state index in [4.69, 9.17) is 5.11 Å². The number of aryl methyl sites for hydroxylation is 1. The number of benzene rings is 1. The van der Waals surface area contributed by atoms with Crippen molar-refractivity contribution in [3.05, 3.63) is 29.3 Å². The van der Waals surface area contributed by atoms with Crippen molar-refractivity contribution in [3.8, 4) is 5.75 Å². The molecule has 2 rings (SSSR count). The highest BCUT2D eigenvalue weighted by Gasteiger charge is 2.30. The van der Waals surface area contributed by atoms with E-state index in [0.29, 0.717) is 0 Å². The smallest absolute Gasteiger partial charge is 0.282 e. The number of rotatable bonds is 4. The number of nitrogens with one attached hydrogen (secondary N) is 1. The molecule has 0 saturated heterocycles. The fourth-order valence-corrected chi connectivity index (χ4v) is 2.14. The van der Waals surface area contributed by atoms with E-state index in [1.807, 2.05) is 0 Å². The minimum absolute atomic E-state index is 0.122. The number of halogens is 2. The second-order valence-electron chi connectivity index (χ2n) is 4.37. The minimum Gasteiger partial charge on any atom is -0.508 e. The van der Waals surface area contributed by atoms with E-state index in [9.17, 15) is 13.9 Å². The highest BCUT2D eigenvalue weighted by molar-refractivity contribution is 5.40. The van der Waals surface area contributed by atoms with Crippen LogP contribution in [0.3, 0.4) is 0 Å². The number of hydrogen-bond acceptors (Lipinski definition) is 3. The van der Waals surface area contributed by atoms with Gasteiger partial charge in [-0.2, -0.15) is 0 Å². The summed E-state index contributed by atoms with van der Waals surface area (Å²) in [4.78, 5) is 0. The number of aromatic hydroxyl groups is 1. The van der Waals surface area contributed by atoms with Gasteiger partial charge >= 0.3 is 0 Å². The van der Waals surface area contributed by atoms with Gasteiger partial charge < -0.3 is 15.5 Å². The van der Waals surface area contributed by atoms with Crippen LogP contribution in [0.5, 0.6) is 5.75 Å². The molecule has 0 amide bonds. The second kappa shape index (κ2) is 4.58. The molecule has 1 aliphatic rings. The molecule has 5 heteroatoms. The Bertz CT molecular complexity index is 409. The van der Waals surface area contributed by atoms with Crippen molar-refractivity contribution in [2.75, 3.05) is 13.2 Å². The van der Waals surface area contributed by atoms with Crippen LogP contribution in [0.25, 0.3) is 0 Å². The van der Waals surface area contributed by atoms with Gasteiger partial charge in [-0.15, -0.1) is 0 Å². The summed E-state index contributed by atoms with van der Waals surface area (Å²) in [5.74, 6) is -2.88. The normalized spacial score (nSPS) is 19.4. The van der Waals surface area contributed by atoms with E-state index >= 15 is 0 Å². The first-order valence-electron chi connectivity index (χ1n) is 5.56. The number of phenolic OH excluding ortho intramolecular Hbond substituents is 1. The predicted octanol–water partition coefficient (Wildman–Crippen LogP) is 1.60. The molecular weight excluding hydrogens is 228 g/mol. The minimum atomic E-state index is -3.08. The van der Waals surface area contributed by atoms with E-state index in [1.54, 1.807) is 18.2 Å². The first-order valence-corrected chi connectivity index (χ1v) is 5.56. The zero-order chi connectivity index (χ0) is 12.5. The van der Waals surface area contributed by atoms with Gasteiger partial charge in [-0.25, -0.2) is 8.78 Å². The van der Waals surface area contributed by atoms with Crippen LogP contribution in [-0.4, -0.2) is 29.3 Å². The lowest BCUT2D eigenvalue weighted by molar-refractivity contribution is -0.0493. The molecular formula is C12H15F2NO2. The summed E-state index contributed by atoms with van der Waals surface area (Å²) in [5.41, 5.74) is 1.95. The number of aliphatic hydroxyl groups is 1. The molecule has 0 aromatic heterocycles. The zero-order valence-electron chi connectivity index (χ0n) is 9.29. The molecule has 1 aromatic rings. The van der Waals surface area contributed by atoms with E-state index in [2.05, 4.69) is 5.32 Å². The summed E-state index contributed by atoms with van der Waals surface area (Å²) in [6, 6.07) is 4.86. The SMILES string of the molecule is OCC(F)(F)CNC1CCc2cc(O)ccc21. The maximum absolute atomic E-state index is 12.9. The van der Waals surface area contributed by atoms with Crippen molar-refractivity contribution in [2.45, 2.75) is 24.8 Å². The van der Waals surface area contributed by atoms with Crippen LogP contribution >= 0.6 is 0 Å². The topological polar surface area (TPSA) is 52.5 Å². The van der Waals surface area contributed by atoms with E-state index in [0.717, 1.165) is 24.0 Å². The predicted molar refractivity (Wildman–Crippen MR) is 59.2 cm³/mol. The van der Waals surface area contributed by atoms with Gasteiger partial charge in [0.25, 0.3) is 5.92 Å². The van der Waals surface area contributed by atoms with E-state index in [-0.39, 0.29) is 11.8 Å². The van der Waals surface area contributed by atoms with Crippen LogP contribution in [0.4, 0.5) is 8.78 Å². The molecule has 94 valence electrons. The molecule has 0 saturated carbocycles. The fourth-order valence-electron chi connectivity index (χ4n) is 2.14. The summed E-state index contributed by atoms with van der Waals surface area (Å²) in [6.07, 6.45) is 1.51. The molecule has 17 heavy (non-hydrogen) atoms. The lowest BCUT2D eigenvalue weighted by atomic mass is 10.1. The maximum atomic E-state index is 12.9. The van der Waals surface area contributed by atoms with E-state index < -0.39 is 19.1 Å². The van der Waals surface area contributed by atoms with Gasteiger partial charge in [0, 0.05) is 6.04 Å². The third kappa shape index (κ3) is 2.73. The van der Waals surface area contributed by atoms with Crippen molar-refractivity contribution in [2.24, 2.45) is 0 Å². The molecule has 3 nitrogen and oxygen atoms in total. The third-order valence-electron chi connectivity index (χ3n) is 3.04. The lowest BCUT2D eigenvalue weighted by Gasteiger charge is -2.19. The van der Waals surface area contributed by atoms with Crippen LogP contribution in [0.15, 0.2) is 18.2 Å². The highest BCUT2D eigenvalue weighted by atomic mass is 19.3. The van der Waals surface area contributed by atoms with Gasteiger partial charge in [0.2, 0.25) is 0 Å². The van der Waals surface area contributed by atoms with Crippen molar-refractivity contribution in [1.82, 2.24) is 5.32 Å². The van der Waals surface area contributed by atoms with Crippen LogP contribution in [0, 0.1) is 0 Å². The van der Waals surface area contributed by atoms with Gasteiger partial charge in [0.1, 0.15) is 12.4 Å². The summed E-state index contributed by atoms with van der Waals surface area (Å²) in [5, 5.41) is 20.5. The van der Waals surface area contributed by atoms with E-state index in [1.165, 1.54) is 0 Å². The van der Waals surface area contributed by atoms with Gasteiger partial charge in [0.05, 0.1) is 6.54 Å². The average molecular weight is 243 g/mol. The summed E-state index contributed by atoms with van der Waals surface area (Å²) in [6.45, 7) is -1.68. The fraction of sp³-hybridized carbons (Fsp3) is 0.500. The Morgan fingerprint density at radius 2 is 2.18 bits per heavy atom. The first-order chi connectivity index (χ1) is 8.02. The van der Waals surface area contributed by atoms with Crippen LogP contribution < -0.4 is 5.32 Å². The number of phenols is 1. The van der Waals surface area contributed by atoms with Crippen molar-refractivity contribution < 1.29 is 19.0 Å². The first kappa shape index (κ1) is 12.3. The van der Waals surface area contributed by atoms with Gasteiger partial charge in [-0.1, -0.05) is 6.07 Å². The quantitative estimate of drug-likeness (QED) is 0.752. The van der Waals surface area contributed by atoms with Crippen molar-refractivity contribution in [3.63, 3.8) is 0 Å². The monoisotopic (exact) mass is 243 g/mol. The summed E-state index contributed by atoms with van der Waals surface area (Å²) in [7, 11) is 0. The van der Waals surface area contributed by atoms with Gasteiger partial charge in [0.15, 0.2) is 0 Å². The van der Waals surface area contributed by atoms with Gasteiger partial charge in [-0.3, -0.25) is 0 Å². The summed E-state index contributed by atoms with van der Waals surface area (Å²) >= 11 is 0. The Morgan fingerprint density at radius 3 is 2.88 bits per heavy atom. The van der Waals surface area contributed by atoms with Crippen LogP contribution in [-0.2, 0) is 6.42 Å². The molecule has 0 aliphatic heterocycles. The molecule has 1 aliphatic carbocycles. The Hall–Kier alpha value is -1.20. The Kier molecular flexibility index (Phi) is 3.31. The Morgan fingerprint density at radius 1 is 1.41 bits per heavy atom. The molecule has 1 atom stereocenters.